The highest BCUT2D eigenvalue weighted by molar-refractivity contribution is 5.96. The number of carbonyl (C=O) groups is 1. The van der Waals surface area contributed by atoms with Crippen molar-refractivity contribution in [1.29, 1.82) is 0 Å². The normalized spacial score (nSPS) is 14.8. The smallest absolute Gasteiger partial charge is 0.257 e. The number of aromatic nitrogens is 5. The van der Waals surface area contributed by atoms with Gasteiger partial charge in [0.2, 0.25) is 0 Å². The van der Waals surface area contributed by atoms with Crippen molar-refractivity contribution >= 4 is 16.9 Å². The van der Waals surface area contributed by atoms with Gasteiger partial charge in [-0.15, -0.1) is 0 Å². The maximum Gasteiger partial charge on any atom is 0.257 e. The topological polar surface area (TPSA) is 76.8 Å². The Labute approximate surface area is 187 Å². The highest BCUT2D eigenvalue weighted by Gasteiger charge is 2.28. The van der Waals surface area contributed by atoms with Crippen LogP contribution in [0.3, 0.4) is 0 Å². The van der Waals surface area contributed by atoms with E-state index in [0.29, 0.717) is 5.92 Å². The molecule has 162 valence electrons. The van der Waals surface area contributed by atoms with Crippen molar-refractivity contribution in [1.82, 2.24) is 29.6 Å². The molecule has 0 spiro atoms. The molecule has 0 bridgehead atoms. The molecule has 0 N–H and O–H groups in total. The summed E-state index contributed by atoms with van der Waals surface area (Å²) in [7, 11) is 1.88. The molecular formula is C25H26N6O. The quantitative estimate of drug-likeness (QED) is 0.494. The van der Waals surface area contributed by atoms with Gasteiger partial charge in [-0.05, 0) is 62.6 Å². The molecule has 0 radical (unpaired) electrons. The fourth-order valence-corrected chi connectivity index (χ4v) is 4.57. The van der Waals surface area contributed by atoms with Gasteiger partial charge in [0.1, 0.15) is 0 Å². The first-order chi connectivity index (χ1) is 15.5. The average Bonchev–Trinajstić information content (AvgIpc) is 3.09. The second kappa shape index (κ2) is 8.15. The molecule has 5 heterocycles. The van der Waals surface area contributed by atoms with Gasteiger partial charge < -0.3 is 4.90 Å². The van der Waals surface area contributed by atoms with E-state index in [1.165, 1.54) is 0 Å². The molecule has 1 amide bonds. The number of fused-ring (bicyclic) bond motifs is 1. The van der Waals surface area contributed by atoms with Crippen molar-refractivity contribution in [3.8, 4) is 11.1 Å². The molecule has 0 unspecified atom stereocenters. The number of amides is 1. The van der Waals surface area contributed by atoms with E-state index in [-0.39, 0.29) is 5.91 Å². The van der Waals surface area contributed by atoms with E-state index in [4.69, 9.17) is 4.98 Å². The highest BCUT2D eigenvalue weighted by Crippen LogP contribution is 2.30. The molecule has 5 rings (SSSR count). The predicted molar refractivity (Wildman–Crippen MR) is 123 cm³/mol. The van der Waals surface area contributed by atoms with Crippen LogP contribution in [-0.2, 0) is 7.05 Å². The van der Waals surface area contributed by atoms with Gasteiger partial charge in [-0.25, -0.2) is 9.97 Å². The zero-order valence-corrected chi connectivity index (χ0v) is 18.6. The Morgan fingerprint density at radius 1 is 1.03 bits per heavy atom. The van der Waals surface area contributed by atoms with Crippen LogP contribution in [0.25, 0.3) is 22.2 Å². The van der Waals surface area contributed by atoms with Crippen LogP contribution in [0.1, 0.15) is 46.2 Å². The van der Waals surface area contributed by atoms with Gasteiger partial charge in [0, 0.05) is 67.0 Å². The first-order valence-corrected chi connectivity index (χ1v) is 11.0. The van der Waals surface area contributed by atoms with Gasteiger partial charge >= 0.3 is 0 Å². The third-order valence-corrected chi connectivity index (χ3v) is 6.50. The lowest BCUT2D eigenvalue weighted by Gasteiger charge is -2.32. The molecule has 0 aliphatic carbocycles. The van der Waals surface area contributed by atoms with Crippen LogP contribution in [0, 0.1) is 13.8 Å². The highest BCUT2D eigenvalue weighted by atomic mass is 16.2. The lowest BCUT2D eigenvalue weighted by molar-refractivity contribution is 0.0710. The van der Waals surface area contributed by atoms with Crippen LogP contribution >= 0.6 is 0 Å². The van der Waals surface area contributed by atoms with Gasteiger partial charge in [0.05, 0.1) is 11.3 Å². The number of aryl methyl sites for hydroxylation is 2. The van der Waals surface area contributed by atoms with E-state index < -0.39 is 0 Å². The van der Waals surface area contributed by atoms with Crippen LogP contribution in [0.15, 0.2) is 48.9 Å². The maximum absolute atomic E-state index is 13.1. The summed E-state index contributed by atoms with van der Waals surface area (Å²) in [5.41, 5.74) is 6.43. The van der Waals surface area contributed by atoms with Crippen LogP contribution in [0.4, 0.5) is 0 Å². The summed E-state index contributed by atoms with van der Waals surface area (Å²) in [4.78, 5) is 28.6. The van der Waals surface area contributed by atoms with E-state index in [0.717, 1.165) is 70.7 Å². The maximum atomic E-state index is 13.1. The molecule has 0 saturated carbocycles. The molecule has 1 aliphatic rings. The summed E-state index contributed by atoms with van der Waals surface area (Å²) in [6, 6.07) is 10.3. The van der Waals surface area contributed by atoms with Crippen LogP contribution in [0.5, 0.6) is 0 Å². The largest absolute Gasteiger partial charge is 0.338 e. The number of carbonyl (C=O) groups excluding carboxylic acids is 1. The van der Waals surface area contributed by atoms with Gasteiger partial charge in [0.15, 0.2) is 5.65 Å². The summed E-state index contributed by atoms with van der Waals surface area (Å²) in [5, 5.41) is 5.42. The number of piperidine rings is 1. The molecule has 4 aromatic rings. The third kappa shape index (κ3) is 3.64. The number of likely N-dealkylation sites (tertiary alicyclic amines) is 1. The molecular weight excluding hydrogens is 400 g/mol. The Morgan fingerprint density at radius 3 is 2.47 bits per heavy atom. The Bertz CT molecular complexity index is 1290. The molecule has 7 heteroatoms. The zero-order chi connectivity index (χ0) is 22.2. The number of hydrogen-bond donors (Lipinski definition) is 0. The van der Waals surface area contributed by atoms with Gasteiger partial charge in [-0.3, -0.25) is 14.5 Å². The van der Waals surface area contributed by atoms with Crippen LogP contribution < -0.4 is 0 Å². The summed E-state index contributed by atoms with van der Waals surface area (Å²) in [6.45, 7) is 5.31. The fraction of sp³-hybridized carbons (Fsp3) is 0.320. The molecule has 32 heavy (non-hydrogen) atoms. The molecule has 1 aliphatic heterocycles. The molecule has 0 atom stereocenters. The lowest BCUT2D eigenvalue weighted by Crippen LogP contribution is -2.38. The Kier molecular flexibility index (Phi) is 5.17. The predicted octanol–water partition coefficient (Wildman–Crippen LogP) is 4.06. The van der Waals surface area contributed by atoms with Crippen LogP contribution in [-0.4, -0.2) is 48.6 Å². The SMILES string of the molecule is Cc1nn(C)c(C)c1C(=O)N1CCC(c2ccc3cc(-c4ccncc4)cnc3n2)CC1. The number of pyridine rings is 3. The average molecular weight is 427 g/mol. The minimum absolute atomic E-state index is 0.0864. The molecule has 1 fully saturated rings. The van der Waals surface area contributed by atoms with Crippen molar-refractivity contribution in [3.05, 3.63) is 71.6 Å². The number of rotatable bonds is 3. The molecule has 4 aromatic heterocycles. The van der Waals surface area contributed by atoms with Gasteiger partial charge in [0.25, 0.3) is 5.91 Å². The van der Waals surface area contributed by atoms with E-state index in [1.807, 2.05) is 44.1 Å². The monoisotopic (exact) mass is 426 g/mol. The van der Waals surface area contributed by atoms with Crippen molar-refractivity contribution in [3.63, 3.8) is 0 Å². The fourth-order valence-electron chi connectivity index (χ4n) is 4.57. The second-order valence-corrected chi connectivity index (χ2v) is 8.48. The lowest BCUT2D eigenvalue weighted by atomic mass is 9.92. The summed E-state index contributed by atoms with van der Waals surface area (Å²) in [6.07, 6.45) is 7.24. The van der Waals surface area contributed by atoms with Crippen molar-refractivity contribution in [2.75, 3.05) is 13.1 Å². The van der Waals surface area contributed by atoms with Crippen molar-refractivity contribution < 1.29 is 4.79 Å². The van der Waals surface area contributed by atoms with E-state index >= 15 is 0 Å². The van der Waals surface area contributed by atoms with E-state index in [1.54, 1.807) is 17.1 Å². The van der Waals surface area contributed by atoms with Gasteiger partial charge in [-0.1, -0.05) is 0 Å². The van der Waals surface area contributed by atoms with Crippen molar-refractivity contribution in [2.45, 2.75) is 32.6 Å². The van der Waals surface area contributed by atoms with Crippen molar-refractivity contribution in [2.24, 2.45) is 7.05 Å². The van der Waals surface area contributed by atoms with E-state index in [2.05, 4.69) is 33.3 Å². The van der Waals surface area contributed by atoms with Crippen LogP contribution in [0.2, 0.25) is 0 Å². The standard InChI is InChI=1S/C25H26N6O/c1-16-23(17(2)30(3)29-16)25(32)31-12-8-19(9-13-31)22-5-4-20-14-21(15-27-24(20)28-22)18-6-10-26-11-7-18/h4-7,10-11,14-15,19H,8-9,12-13H2,1-3H3. The Morgan fingerprint density at radius 2 is 1.78 bits per heavy atom. The number of nitrogens with zero attached hydrogens (tertiary/aromatic N) is 6. The number of hydrogen-bond acceptors (Lipinski definition) is 5. The summed E-state index contributed by atoms with van der Waals surface area (Å²) in [5.74, 6) is 0.421. The summed E-state index contributed by atoms with van der Waals surface area (Å²) >= 11 is 0. The zero-order valence-electron chi connectivity index (χ0n) is 18.6. The minimum Gasteiger partial charge on any atom is -0.338 e. The molecule has 0 aromatic carbocycles. The first kappa shape index (κ1) is 20.3. The summed E-state index contributed by atoms with van der Waals surface area (Å²) < 4.78 is 1.78. The Hall–Kier alpha value is -3.61. The van der Waals surface area contributed by atoms with E-state index in [9.17, 15) is 4.79 Å². The first-order valence-electron chi connectivity index (χ1n) is 11.0. The third-order valence-electron chi connectivity index (χ3n) is 6.50. The minimum atomic E-state index is 0.0864. The van der Waals surface area contributed by atoms with Gasteiger partial charge in [-0.2, -0.15) is 5.10 Å². The Balaban J connectivity index is 1.31. The molecule has 7 nitrogen and oxygen atoms in total. The second-order valence-electron chi connectivity index (χ2n) is 8.48. The molecule has 1 saturated heterocycles.